The Labute approximate surface area is 199 Å². The van der Waals surface area contributed by atoms with Gasteiger partial charge in [0, 0.05) is 38.2 Å². The summed E-state index contributed by atoms with van der Waals surface area (Å²) in [6, 6.07) is 11.4. The van der Waals surface area contributed by atoms with E-state index in [4.69, 9.17) is 18.7 Å². The zero-order valence-electron chi connectivity index (χ0n) is 20.2. The van der Waals surface area contributed by atoms with Crippen molar-refractivity contribution in [2.24, 2.45) is 11.8 Å². The van der Waals surface area contributed by atoms with Crippen molar-refractivity contribution in [2.75, 3.05) is 26.7 Å². The number of piperidine rings is 1. The zero-order chi connectivity index (χ0) is 24.3. The molecule has 2 aliphatic rings. The average Bonchev–Trinajstić information content (AvgIpc) is 3.19. The minimum atomic E-state index is -0.556. The van der Waals surface area contributed by atoms with E-state index in [2.05, 4.69) is 10.5 Å². The number of benzene rings is 1. The van der Waals surface area contributed by atoms with Crippen LogP contribution in [0.5, 0.6) is 0 Å². The number of hydrogen-bond donors (Lipinski definition) is 1. The van der Waals surface area contributed by atoms with Gasteiger partial charge in [-0.1, -0.05) is 35.5 Å². The molecule has 4 rings (SSSR count). The highest BCUT2D eigenvalue weighted by Gasteiger charge is 2.68. The first kappa shape index (κ1) is 24.1. The van der Waals surface area contributed by atoms with Crippen LogP contribution in [0.25, 0.3) is 0 Å². The van der Waals surface area contributed by atoms with E-state index in [1.807, 2.05) is 57.2 Å². The lowest BCUT2D eigenvalue weighted by Gasteiger charge is -2.29. The van der Waals surface area contributed by atoms with E-state index in [0.717, 1.165) is 17.7 Å². The van der Waals surface area contributed by atoms with E-state index in [-0.39, 0.29) is 24.5 Å². The maximum absolute atomic E-state index is 12.7. The van der Waals surface area contributed by atoms with Gasteiger partial charge in [0.05, 0.1) is 5.69 Å². The highest BCUT2D eigenvalue weighted by atomic mass is 16.6. The summed E-state index contributed by atoms with van der Waals surface area (Å²) in [6.07, 6.45) is -0.0180. The van der Waals surface area contributed by atoms with E-state index in [1.165, 1.54) is 0 Å². The quantitative estimate of drug-likeness (QED) is 0.654. The van der Waals surface area contributed by atoms with Crippen molar-refractivity contribution < 1.29 is 28.3 Å². The number of hydrogen-bond acceptors (Lipinski definition) is 7. The summed E-state index contributed by atoms with van der Waals surface area (Å²) in [7, 11) is 1.60. The molecule has 3 unspecified atom stereocenters. The lowest BCUT2D eigenvalue weighted by molar-refractivity contribution is 0.0206. The lowest BCUT2D eigenvalue weighted by Crippen LogP contribution is -2.41. The number of aromatic nitrogens is 1. The van der Waals surface area contributed by atoms with E-state index < -0.39 is 17.1 Å². The predicted octanol–water partition coefficient (Wildman–Crippen LogP) is 3.87. The number of rotatable bonds is 7. The van der Waals surface area contributed by atoms with Crippen molar-refractivity contribution in [1.82, 2.24) is 15.4 Å². The molecule has 9 nitrogen and oxygen atoms in total. The molecule has 2 aromatic rings. The first-order chi connectivity index (χ1) is 16.2. The lowest BCUT2D eigenvalue weighted by atomic mass is 9.96. The van der Waals surface area contributed by atoms with Gasteiger partial charge in [-0.2, -0.15) is 0 Å². The van der Waals surface area contributed by atoms with Crippen molar-refractivity contribution in [3.05, 3.63) is 53.4 Å². The Hall–Kier alpha value is -3.07. The fourth-order valence-electron chi connectivity index (χ4n) is 4.94. The zero-order valence-corrected chi connectivity index (χ0v) is 20.2. The van der Waals surface area contributed by atoms with Crippen LogP contribution >= 0.6 is 0 Å². The molecule has 1 N–H and O–H groups in total. The molecule has 1 aliphatic heterocycles. The van der Waals surface area contributed by atoms with Crippen molar-refractivity contribution in [1.29, 1.82) is 0 Å². The van der Waals surface area contributed by atoms with Crippen molar-refractivity contribution in [2.45, 2.75) is 51.4 Å². The van der Waals surface area contributed by atoms with E-state index in [0.29, 0.717) is 32.0 Å². The summed E-state index contributed by atoms with van der Waals surface area (Å²) >= 11 is 0. The third-order valence-electron chi connectivity index (χ3n) is 6.54. The SMILES string of the molecule is COCc1cc(C2(CNC(=O)OCc3ccccc3)C3CCN(C(=O)OC(C)(C)C)CC32)no1. The second kappa shape index (κ2) is 9.66. The molecule has 34 heavy (non-hydrogen) atoms. The Kier molecular flexibility index (Phi) is 6.84. The summed E-state index contributed by atoms with van der Waals surface area (Å²) in [4.78, 5) is 26.9. The van der Waals surface area contributed by atoms with Crippen LogP contribution < -0.4 is 5.32 Å². The van der Waals surface area contributed by atoms with E-state index >= 15 is 0 Å². The summed E-state index contributed by atoms with van der Waals surface area (Å²) in [6.45, 7) is 7.56. The molecule has 184 valence electrons. The molecule has 2 fully saturated rings. The third-order valence-corrected chi connectivity index (χ3v) is 6.54. The third kappa shape index (κ3) is 5.19. The van der Waals surface area contributed by atoms with E-state index in [9.17, 15) is 9.59 Å². The van der Waals surface area contributed by atoms with Crippen LogP contribution in [-0.2, 0) is 32.8 Å². The number of carbonyl (C=O) groups excluding carboxylic acids is 2. The molecule has 1 aromatic heterocycles. The Morgan fingerprint density at radius 1 is 1.21 bits per heavy atom. The molecule has 0 spiro atoms. The molecular formula is C25H33N3O6. The Morgan fingerprint density at radius 3 is 2.68 bits per heavy atom. The summed E-state index contributed by atoms with van der Waals surface area (Å²) < 4.78 is 21.6. The Balaban J connectivity index is 1.45. The van der Waals surface area contributed by atoms with Gasteiger partial charge in [-0.25, -0.2) is 9.59 Å². The van der Waals surface area contributed by atoms with Crippen molar-refractivity contribution in [3.63, 3.8) is 0 Å². The standard InChI is InChI=1S/C25H33N3O6/c1-24(2,3)33-23(30)28-11-10-19-20(13-28)25(19,21-12-18(15-31-4)34-27-21)16-26-22(29)32-14-17-8-6-5-7-9-17/h5-9,12,19-20H,10-11,13-16H2,1-4H3,(H,26,29). The van der Waals surface area contributed by atoms with Crippen LogP contribution in [0.1, 0.15) is 44.2 Å². The average molecular weight is 472 g/mol. The van der Waals surface area contributed by atoms with Crippen LogP contribution in [0.3, 0.4) is 0 Å². The summed E-state index contributed by atoms with van der Waals surface area (Å²) in [5.41, 5.74) is 0.697. The minimum absolute atomic E-state index is 0.128. The molecule has 0 radical (unpaired) electrons. The molecule has 1 saturated carbocycles. The number of alkyl carbamates (subject to hydrolysis) is 1. The predicted molar refractivity (Wildman–Crippen MR) is 123 cm³/mol. The van der Waals surface area contributed by atoms with E-state index in [1.54, 1.807) is 12.0 Å². The van der Waals surface area contributed by atoms with Gasteiger partial charge in [-0.05, 0) is 44.6 Å². The van der Waals surface area contributed by atoms with Gasteiger partial charge in [0.1, 0.15) is 18.8 Å². The highest BCUT2D eigenvalue weighted by Crippen LogP contribution is 2.63. The van der Waals surface area contributed by atoms with Crippen LogP contribution in [0.15, 0.2) is 40.9 Å². The van der Waals surface area contributed by atoms with Gasteiger partial charge in [0.15, 0.2) is 5.76 Å². The van der Waals surface area contributed by atoms with Gasteiger partial charge < -0.3 is 29.0 Å². The van der Waals surface area contributed by atoms with Crippen LogP contribution in [0.2, 0.25) is 0 Å². The smallest absolute Gasteiger partial charge is 0.410 e. The first-order valence-corrected chi connectivity index (χ1v) is 11.6. The molecule has 1 aromatic carbocycles. The molecule has 0 bridgehead atoms. The minimum Gasteiger partial charge on any atom is -0.445 e. The van der Waals surface area contributed by atoms with Crippen LogP contribution in [0.4, 0.5) is 9.59 Å². The first-order valence-electron chi connectivity index (χ1n) is 11.6. The van der Waals surface area contributed by atoms with Gasteiger partial charge in [-0.3, -0.25) is 0 Å². The largest absolute Gasteiger partial charge is 0.445 e. The number of nitrogens with one attached hydrogen (secondary N) is 1. The van der Waals surface area contributed by atoms with Gasteiger partial charge in [-0.15, -0.1) is 0 Å². The molecule has 9 heteroatoms. The fourth-order valence-corrected chi connectivity index (χ4v) is 4.94. The van der Waals surface area contributed by atoms with Crippen LogP contribution in [0, 0.1) is 11.8 Å². The fraction of sp³-hybridized carbons (Fsp3) is 0.560. The topological polar surface area (TPSA) is 103 Å². The number of carbonyl (C=O) groups is 2. The monoisotopic (exact) mass is 471 g/mol. The molecule has 3 atom stereocenters. The van der Waals surface area contributed by atoms with Gasteiger partial charge >= 0.3 is 12.2 Å². The number of fused-ring (bicyclic) bond motifs is 1. The van der Waals surface area contributed by atoms with Crippen LogP contribution in [-0.4, -0.2) is 54.6 Å². The number of likely N-dealkylation sites (tertiary alicyclic amines) is 1. The normalized spacial score (nSPS) is 23.7. The highest BCUT2D eigenvalue weighted by molar-refractivity contribution is 5.69. The molecule has 2 amide bonds. The number of methoxy groups -OCH3 is 1. The maximum atomic E-state index is 12.7. The molecular weight excluding hydrogens is 438 g/mol. The number of nitrogens with zero attached hydrogens (tertiary/aromatic N) is 2. The number of ether oxygens (including phenoxy) is 3. The Bertz CT molecular complexity index is 1000. The molecule has 2 heterocycles. The Morgan fingerprint density at radius 2 is 1.97 bits per heavy atom. The number of amides is 2. The molecule has 1 aliphatic carbocycles. The second-order valence-corrected chi connectivity index (χ2v) is 10.00. The van der Waals surface area contributed by atoms with Crippen molar-refractivity contribution >= 4 is 12.2 Å². The summed E-state index contributed by atoms with van der Waals surface area (Å²) in [5.74, 6) is 1.01. The van der Waals surface area contributed by atoms with Crippen molar-refractivity contribution in [3.8, 4) is 0 Å². The molecule has 1 saturated heterocycles. The van der Waals surface area contributed by atoms with Gasteiger partial charge in [0.2, 0.25) is 0 Å². The van der Waals surface area contributed by atoms with Gasteiger partial charge in [0.25, 0.3) is 0 Å². The maximum Gasteiger partial charge on any atom is 0.410 e. The second-order valence-electron chi connectivity index (χ2n) is 10.00. The summed E-state index contributed by atoms with van der Waals surface area (Å²) in [5, 5.41) is 7.24.